The van der Waals surface area contributed by atoms with E-state index < -0.39 is 4.21 Å². The minimum absolute atomic E-state index is 0.205. The number of nitrogens with one attached hydrogen (secondary N) is 1. The number of fused-ring (bicyclic) bond motifs is 1. The summed E-state index contributed by atoms with van der Waals surface area (Å²) in [6, 6.07) is 5.21. The van der Waals surface area contributed by atoms with Gasteiger partial charge < -0.3 is 5.32 Å². The summed E-state index contributed by atoms with van der Waals surface area (Å²) >= 11 is 13.3. The molecule has 1 aromatic carbocycles. The maximum absolute atomic E-state index is 11.6. The van der Waals surface area contributed by atoms with Crippen molar-refractivity contribution in [2.24, 2.45) is 0 Å². The van der Waals surface area contributed by atoms with Gasteiger partial charge in [0.1, 0.15) is 0 Å². The minimum Gasteiger partial charge on any atom is -0.323 e. The molecule has 1 aromatic rings. The normalized spacial score (nSPS) is 24.6. The summed E-state index contributed by atoms with van der Waals surface area (Å²) in [5.41, 5.74) is 1.48. The molecule has 74 valence electrons. The van der Waals surface area contributed by atoms with E-state index in [0.717, 1.165) is 11.3 Å². The van der Waals surface area contributed by atoms with E-state index in [1.54, 1.807) is 24.5 Å². The number of amides is 1. The zero-order valence-corrected chi connectivity index (χ0v) is 9.63. The number of anilines is 1. The first kappa shape index (κ1) is 10.1. The summed E-state index contributed by atoms with van der Waals surface area (Å²) in [5, 5.41) is 3.30. The molecule has 14 heavy (non-hydrogen) atoms. The van der Waals surface area contributed by atoms with Crippen LogP contribution in [0, 0.1) is 0 Å². The van der Waals surface area contributed by atoms with E-state index in [4.69, 9.17) is 23.2 Å². The van der Waals surface area contributed by atoms with Crippen LogP contribution in [0.3, 0.4) is 0 Å². The van der Waals surface area contributed by atoms with E-state index in [1.165, 1.54) is 11.8 Å². The number of hydrogen-bond acceptors (Lipinski definition) is 2. The lowest BCUT2D eigenvalue weighted by Gasteiger charge is -2.15. The van der Waals surface area contributed by atoms with Gasteiger partial charge >= 0.3 is 0 Å². The van der Waals surface area contributed by atoms with Crippen molar-refractivity contribution in [1.29, 1.82) is 0 Å². The number of carbonyl (C=O) groups excluding carboxylic acids is 1. The van der Waals surface area contributed by atoms with Crippen LogP contribution in [-0.2, 0) is 9.00 Å². The molecule has 0 fully saturated rings. The van der Waals surface area contributed by atoms with Gasteiger partial charge in [0.05, 0.1) is 0 Å². The van der Waals surface area contributed by atoms with E-state index in [-0.39, 0.29) is 5.91 Å². The first-order valence-electron chi connectivity index (χ1n) is 3.93. The zero-order valence-electron chi connectivity index (χ0n) is 7.30. The molecule has 2 nitrogen and oxygen atoms in total. The summed E-state index contributed by atoms with van der Waals surface area (Å²) in [5.74, 6) is -0.205. The smallest absolute Gasteiger partial charge is 0.260 e. The molecule has 1 aliphatic rings. The number of benzene rings is 1. The highest BCUT2D eigenvalue weighted by Crippen LogP contribution is 2.48. The van der Waals surface area contributed by atoms with Crippen LogP contribution < -0.4 is 5.32 Å². The molecule has 0 aromatic heterocycles. The number of rotatable bonds is 1. The number of carbonyl (C=O) groups is 1. The number of thioether (sulfide) groups is 1. The van der Waals surface area contributed by atoms with Crippen LogP contribution in [0.25, 0.3) is 0 Å². The summed E-state index contributed by atoms with van der Waals surface area (Å²) in [7, 11) is 0. The number of alkyl halides is 1. The minimum atomic E-state index is -1.03. The van der Waals surface area contributed by atoms with Crippen LogP contribution in [0.2, 0.25) is 5.02 Å². The lowest BCUT2D eigenvalue weighted by Crippen LogP contribution is -2.23. The van der Waals surface area contributed by atoms with Crippen LogP contribution in [0.4, 0.5) is 5.69 Å². The Hall–Kier alpha value is -0.380. The van der Waals surface area contributed by atoms with Gasteiger partial charge in [-0.05, 0) is 24.5 Å². The molecule has 0 saturated heterocycles. The van der Waals surface area contributed by atoms with Gasteiger partial charge in [0.2, 0.25) is 0 Å². The van der Waals surface area contributed by atoms with Gasteiger partial charge in [-0.25, -0.2) is 0 Å². The standard InChI is InChI=1S/C9H7Cl2NOS/c1-14-9(11)6-4-5(10)2-3-7(6)12-8(9)13/h2-4H,1H3,(H,12,13). The largest absolute Gasteiger partial charge is 0.323 e. The summed E-state index contributed by atoms with van der Waals surface area (Å²) in [6.07, 6.45) is 1.79. The molecule has 2 rings (SSSR count). The lowest BCUT2D eigenvalue weighted by atomic mass is 10.1. The molecule has 0 spiro atoms. The maximum atomic E-state index is 11.6. The van der Waals surface area contributed by atoms with Crippen molar-refractivity contribution in [2.45, 2.75) is 4.21 Å². The van der Waals surface area contributed by atoms with Crippen LogP contribution >= 0.6 is 35.0 Å². The van der Waals surface area contributed by atoms with E-state index in [0.29, 0.717) is 5.02 Å². The second kappa shape index (κ2) is 3.33. The third-order valence-electron chi connectivity index (χ3n) is 2.15. The van der Waals surface area contributed by atoms with E-state index in [2.05, 4.69) is 5.32 Å². The fraction of sp³-hybridized carbons (Fsp3) is 0.222. The van der Waals surface area contributed by atoms with Crippen molar-refractivity contribution in [2.75, 3.05) is 11.6 Å². The van der Waals surface area contributed by atoms with Crippen molar-refractivity contribution in [3.63, 3.8) is 0 Å². The quantitative estimate of drug-likeness (QED) is 0.774. The summed E-state index contributed by atoms with van der Waals surface area (Å²) in [4.78, 5) is 11.6. The van der Waals surface area contributed by atoms with E-state index >= 15 is 0 Å². The van der Waals surface area contributed by atoms with Crippen LogP contribution in [-0.4, -0.2) is 12.2 Å². The molecule has 1 atom stereocenters. The molecular formula is C9H7Cl2NOS. The molecule has 0 bridgehead atoms. The molecule has 1 N–H and O–H groups in total. The Bertz CT molecular complexity index is 410. The first-order chi connectivity index (χ1) is 6.58. The highest BCUT2D eigenvalue weighted by molar-refractivity contribution is 8.01. The average Bonchev–Trinajstić information content (AvgIpc) is 2.41. The fourth-order valence-corrected chi connectivity index (χ4v) is 2.42. The maximum Gasteiger partial charge on any atom is 0.260 e. The van der Waals surface area contributed by atoms with Gasteiger partial charge in [-0.1, -0.05) is 23.2 Å². The fourth-order valence-electron chi connectivity index (χ4n) is 1.42. The Balaban J connectivity index is 2.61. The highest BCUT2D eigenvalue weighted by atomic mass is 35.5. The monoisotopic (exact) mass is 247 g/mol. The Kier molecular flexibility index (Phi) is 2.41. The molecule has 0 radical (unpaired) electrons. The second-order valence-corrected chi connectivity index (χ2v) is 5.19. The first-order valence-corrected chi connectivity index (χ1v) is 5.91. The van der Waals surface area contributed by atoms with Gasteiger partial charge in [0.15, 0.2) is 4.21 Å². The van der Waals surface area contributed by atoms with Crippen molar-refractivity contribution < 1.29 is 4.79 Å². The molecule has 1 unspecified atom stereocenters. The van der Waals surface area contributed by atoms with Gasteiger partial charge in [0.25, 0.3) is 5.91 Å². The Labute approximate surface area is 96.0 Å². The van der Waals surface area contributed by atoms with Crippen LogP contribution in [0.15, 0.2) is 18.2 Å². The van der Waals surface area contributed by atoms with Gasteiger partial charge in [-0.3, -0.25) is 4.79 Å². The average molecular weight is 248 g/mol. The van der Waals surface area contributed by atoms with Gasteiger partial charge in [-0.2, -0.15) is 0 Å². The lowest BCUT2D eigenvalue weighted by molar-refractivity contribution is -0.116. The Morgan fingerprint density at radius 1 is 1.50 bits per heavy atom. The predicted octanol–water partition coefficient (Wildman–Crippen LogP) is 3.05. The SMILES string of the molecule is CSC1(Cl)C(=O)Nc2ccc(Cl)cc21. The van der Waals surface area contributed by atoms with Crippen molar-refractivity contribution in [3.05, 3.63) is 28.8 Å². The highest BCUT2D eigenvalue weighted by Gasteiger charge is 2.44. The Morgan fingerprint density at radius 2 is 2.21 bits per heavy atom. The van der Waals surface area contributed by atoms with Gasteiger partial charge in [0, 0.05) is 16.3 Å². The van der Waals surface area contributed by atoms with Crippen LogP contribution in [0.1, 0.15) is 5.56 Å². The molecule has 1 heterocycles. The molecule has 5 heteroatoms. The van der Waals surface area contributed by atoms with Crippen molar-refractivity contribution >= 4 is 46.6 Å². The van der Waals surface area contributed by atoms with Crippen LogP contribution in [0.5, 0.6) is 0 Å². The third kappa shape index (κ3) is 1.31. The molecule has 0 saturated carbocycles. The molecule has 1 amide bonds. The number of hydrogen-bond donors (Lipinski definition) is 1. The van der Waals surface area contributed by atoms with E-state index in [9.17, 15) is 4.79 Å². The Morgan fingerprint density at radius 3 is 2.86 bits per heavy atom. The number of halogens is 2. The zero-order chi connectivity index (χ0) is 10.3. The topological polar surface area (TPSA) is 29.1 Å². The van der Waals surface area contributed by atoms with Gasteiger partial charge in [-0.15, -0.1) is 11.8 Å². The summed E-state index contributed by atoms with van der Waals surface area (Å²) < 4.78 is -1.03. The molecule has 0 aliphatic carbocycles. The molecular weight excluding hydrogens is 241 g/mol. The summed E-state index contributed by atoms with van der Waals surface area (Å²) in [6.45, 7) is 0. The van der Waals surface area contributed by atoms with Crippen molar-refractivity contribution in [1.82, 2.24) is 0 Å². The predicted molar refractivity (Wildman–Crippen MR) is 61.1 cm³/mol. The second-order valence-electron chi connectivity index (χ2n) is 2.94. The third-order valence-corrected chi connectivity index (χ3v) is 4.19. The van der Waals surface area contributed by atoms with E-state index in [1.807, 2.05) is 0 Å². The molecule has 1 aliphatic heterocycles. The van der Waals surface area contributed by atoms with Crippen molar-refractivity contribution in [3.8, 4) is 0 Å².